The van der Waals surface area contributed by atoms with Crippen LogP contribution in [-0.4, -0.2) is 4.98 Å². The van der Waals surface area contributed by atoms with Crippen molar-refractivity contribution in [3.05, 3.63) is 51.3 Å². The monoisotopic (exact) mass is 275 g/mol. The molecule has 0 bridgehead atoms. The molecule has 0 saturated carbocycles. The van der Waals surface area contributed by atoms with Gasteiger partial charge < -0.3 is 0 Å². The van der Waals surface area contributed by atoms with Crippen molar-refractivity contribution in [1.82, 2.24) is 4.98 Å². The van der Waals surface area contributed by atoms with Crippen LogP contribution in [0.15, 0.2) is 30.5 Å². The minimum absolute atomic E-state index is 0.309. The average molecular weight is 277 g/mol. The fourth-order valence-electron chi connectivity index (χ4n) is 1.29. The molecule has 2 rings (SSSR count). The number of hydrogen-bond donors (Lipinski definition) is 0. The standard InChI is InChI=1S/C11H5Cl3FN/c12-6-3-8(11(14)9(13)4-6)10-5-7(15)1-2-16-10/h1-5H. The molecule has 82 valence electrons. The lowest BCUT2D eigenvalue weighted by atomic mass is 10.1. The molecule has 0 aliphatic heterocycles. The van der Waals surface area contributed by atoms with Crippen LogP contribution in [0.3, 0.4) is 0 Å². The number of nitrogens with zero attached hydrogens (tertiary/aromatic N) is 1. The summed E-state index contributed by atoms with van der Waals surface area (Å²) in [5.74, 6) is -0.392. The van der Waals surface area contributed by atoms with Gasteiger partial charge in [-0.2, -0.15) is 0 Å². The highest BCUT2D eigenvalue weighted by Gasteiger charge is 2.10. The summed E-state index contributed by atoms with van der Waals surface area (Å²) >= 11 is 17.7. The van der Waals surface area contributed by atoms with Gasteiger partial charge in [0.05, 0.1) is 15.7 Å². The summed E-state index contributed by atoms with van der Waals surface area (Å²) in [5.41, 5.74) is 0.910. The molecule has 2 aromatic rings. The Morgan fingerprint density at radius 3 is 2.50 bits per heavy atom. The van der Waals surface area contributed by atoms with E-state index in [0.717, 1.165) is 0 Å². The van der Waals surface area contributed by atoms with Gasteiger partial charge in [-0.15, -0.1) is 0 Å². The lowest BCUT2D eigenvalue weighted by Gasteiger charge is -2.06. The van der Waals surface area contributed by atoms with E-state index >= 15 is 0 Å². The Kier molecular flexibility index (Phi) is 3.33. The first-order chi connectivity index (χ1) is 7.58. The second kappa shape index (κ2) is 4.58. The van der Waals surface area contributed by atoms with Crippen LogP contribution >= 0.6 is 34.8 Å². The van der Waals surface area contributed by atoms with Crippen molar-refractivity contribution in [3.8, 4) is 11.3 Å². The van der Waals surface area contributed by atoms with Crippen molar-refractivity contribution in [2.24, 2.45) is 0 Å². The molecule has 1 nitrogen and oxygen atoms in total. The van der Waals surface area contributed by atoms with E-state index in [0.29, 0.717) is 26.3 Å². The fraction of sp³-hybridized carbons (Fsp3) is 0. The number of aromatic nitrogens is 1. The van der Waals surface area contributed by atoms with Crippen LogP contribution in [0.2, 0.25) is 15.1 Å². The summed E-state index contributed by atoms with van der Waals surface area (Å²) in [7, 11) is 0. The van der Waals surface area contributed by atoms with E-state index in [-0.39, 0.29) is 0 Å². The largest absolute Gasteiger partial charge is 0.256 e. The van der Waals surface area contributed by atoms with Gasteiger partial charge in [0, 0.05) is 22.8 Å². The highest BCUT2D eigenvalue weighted by molar-refractivity contribution is 6.45. The van der Waals surface area contributed by atoms with E-state index in [1.54, 1.807) is 6.07 Å². The van der Waals surface area contributed by atoms with Crippen LogP contribution in [0.5, 0.6) is 0 Å². The van der Waals surface area contributed by atoms with E-state index in [1.165, 1.54) is 24.4 Å². The zero-order chi connectivity index (χ0) is 11.7. The minimum atomic E-state index is -0.392. The average Bonchev–Trinajstić information content (AvgIpc) is 2.23. The third kappa shape index (κ3) is 2.29. The third-order valence-corrected chi connectivity index (χ3v) is 3.01. The first-order valence-electron chi connectivity index (χ1n) is 4.34. The summed E-state index contributed by atoms with van der Waals surface area (Å²) in [5, 5.41) is 1.05. The second-order valence-corrected chi connectivity index (χ2v) is 4.33. The van der Waals surface area contributed by atoms with Gasteiger partial charge in [0.25, 0.3) is 0 Å². The number of hydrogen-bond acceptors (Lipinski definition) is 1. The fourth-order valence-corrected chi connectivity index (χ4v) is 1.99. The summed E-state index contributed by atoms with van der Waals surface area (Å²) in [6.45, 7) is 0. The summed E-state index contributed by atoms with van der Waals surface area (Å²) in [6.07, 6.45) is 1.36. The van der Waals surface area contributed by atoms with Crippen molar-refractivity contribution in [2.75, 3.05) is 0 Å². The second-order valence-electron chi connectivity index (χ2n) is 3.11. The van der Waals surface area contributed by atoms with E-state index in [9.17, 15) is 4.39 Å². The van der Waals surface area contributed by atoms with Crippen LogP contribution in [0, 0.1) is 5.82 Å². The Morgan fingerprint density at radius 2 is 1.81 bits per heavy atom. The minimum Gasteiger partial charge on any atom is -0.256 e. The molecule has 0 saturated heterocycles. The van der Waals surface area contributed by atoms with Crippen molar-refractivity contribution in [3.63, 3.8) is 0 Å². The zero-order valence-corrected chi connectivity index (χ0v) is 10.1. The quantitative estimate of drug-likeness (QED) is 0.679. The molecule has 0 atom stereocenters. The molecule has 0 fully saturated rings. The first kappa shape index (κ1) is 11.6. The van der Waals surface area contributed by atoms with Gasteiger partial charge in [0.1, 0.15) is 5.82 Å². The molecule has 0 radical (unpaired) electrons. The Balaban J connectivity index is 2.64. The SMILES string of the molecule is Fc1ccnc(-c2cc(Cl)cc(Cl)c2Cl)c1. The molecular weight excluding hydrogens is 271 g/mol. The Morgan fingerprint density at radius 1 is 1.06 bits per heavy atom. The van der Waals surface area contributed by atoms with Crippen LogP contribution in [0.25, 0.3) is 11.3 Å². The molecule has 1 aromatic heterocycles. The molecule has 0 N–H and O–H groups in total. The summed E-state index contributed by atoms with van der Waals surface area (Å²) < 4.78 is 13.0. The van der Waals surface area contributed by atoms with Crippen LogP contribution in [0.1, 0.15) is 0 Å². The number of halogens is 4. The van der Waals surface area contributed by atoms with Crippen molar-refractivity contribution < 1.29 is 4.39 Å². The third-order valence-electron chi connectivity index (χ3n) is 1.99. The van der Waals surface area contributed by atoms with Crippen LogP contribution in [0.4, 0.5) is 4.39 Å². The predicted octanol–water partition coefficient (Wildman–Crippen LogP) is 4.85. The highest BCUT2D eigenvalue weighted by atomic mass is 35.5. The highest BCUT2D eigenvalue weighted by Crippen LogP contribution is 2.35. The number of rotatable bonds is 1. The Hall–Kier alpha value is -0.830. The molecule has 1 heterocycles. The molecule has 16 heavy (non-hydrogen) atoms. The zero-order valence-electron chi connectivity index (χ0n) is 7.85. The molecule has 0 aliphatic carbocycles. The first-order valence-corrected chi connectivity index (χ1v) is 5.48. The maximum atomic E-state index is 13.0. The molecule has 1 aromatic carbocycles. The van der Waals surface area contributed by atoms with E-state index in [1.807, 2.05) is 0 Å². The predicted molar refractivity (Wildman–Crippen MR) is 64.7 cm³/mol. The van der Waals surface area contributed by atoms with Gasteiger partial charge in [0.2, 0.25) is 0 Å². The van der Waals surface area contributed by atoms with Gasteiger partial charge in [0.15, 0.2) is 0 Å². The molecule has 5 heteroatoms. The van der Waals surface area contributed by atoms with Gasteiger partial charge >= 0.3 is 0 Å². The Labute approximate surface area is 107 Å². The lowest BCUT2D eigenvalue weighted by Crippen LogP contribution is -1.87. The Bertz CT molecular complexity index is 543. The van der Waals surface area contributed by atoms with E-state index in [4.69, 9.17) is 34.8 Å². The van der Waals surface area contributed by atoms with Crippen LogP contribution < -0.4 is 0 Å². The van der Waals surface area contributed by atoms with Crippen molar-refractivity contribution in [1.29, 1.82) is 0 Å². The van der Waals surface area contributed by atoms with Crippen LogP contribution in [-0.2, 0) is 0 Å². The van der Waals surface area contributed by atoms with Crippen molar-refractivity contribution >= 4 is 34.8 Å². The number of pyridine rings is 1. The smallest absolute Gasteiger partial charge is 0.126 e. The van der Waals surface area contributed by atoms with E-state index in [2.05, 4.69) is 4.98 Å². The topological polar surface area (TPSA) is 12.9 Å². The molecule has 0 spiro atoms. The van der Waals surface area contributed by atoms with Gasteiger partial charge in [-0.25, -0.2) is 4.39 Å². The maximum absolute atomic E-state index is 13.0. The lowest BCUT2D eigenvalue weighted by molar-refractivity contribution is 0.626. The molecular formula is C11H5Cl3FN. The van der Waals surface area contributed by atoms with E-state index < -0.39 is 5.82 Å². The summed E-state index contributed by atoms with van der Waals surface area (Å²) in [4.78, 5) is 4.01. The number of benzene rings is 1. The van der Waals surface area contributed by atoms with Gasteiger partial charge in [-0.05, 0) is 18.2 Å². The van der Waals surface area contributed by atoms with Gasteiger partial charge in [-0.3, -0.25) is 4.98 Å². The molecule has 0 unspecified atom stereocenters. The van der Waals surface area contributed by atoms with Gasteiger partial charge in [-0.1, -0.05) is 34.8 Å². The molecule has 0 amide bonds. The van der Waals surface area contributed by atoms with Crippen molar-refractivity contribution in [2.45, 2.75) is 0 Å². The molecule has 0 aliphatic rings. The normalized spacial score (nSPS) is 10.5. The maximum Gasteiger partial charge on any atom is 0.126 e. The summed E-state index contributed by atoms with van der Waals surface area (Å²) in [6, 6.07) is 5.64.